The molecule has 5 N–H and O–H groups in total. The molecule has 0 saturated heterocycles. The zero-order valence-corrected chi connectivity index (χ0v) is 19.2. The number of aromatic nitrogens is 1. The van der Waals surface area contributed by atoms with Gasteiger partial charge in [0, 0.05) is 46.3 Å². The number of carbonyl (C=O) groups is 1. The molecule has 1 heterocycles. The van der Waals surface area contributed by atoms with Crippen LogP contribution in [0, 0.1) is 11.3 Å². The Kier molecular flexibility index (Phi) is 6.70. The largest absolute Gasteiger partial charge is 0.494 e. The fourth-order valence-electron chi connectivity index (χ4n) is 4.35. The van der Waals surface area contributed by atoms with E-state index in [0.717, 1.165) is 23.3 Å². The Labute approximate surface area is 198 Å². The first-order chi connectivity index (χ1) is 16.3. The number of carbonyl (C=O) groups excluding carboxylic acids is 1. The zero-order valence-electron chi connectivity index (χ0n) is 19.2. The summed E-state index contributed by atoms with van der Waals surface area (Å²) in [5.41, 5.74) is 7.60. The van der Waals surface area contributed by atoms with E-state index in [0.29, 0.717) is 48.4 Å². The number of anilines is 2. The third kappa shape index (κ3) is 5.13. The van der Waals surface area contributed by atoms with Crippen molar-refractivity contribution in [2.24, 2.45) is 4.99 Å². The van der Waals surface area contributed by atoms with E-state index in [2.05, 4.69) is 10.3 Å². The molecule has 9 nitrogen and oxygen atoms in total. The van der Waals surface area contributed by atoms with Gasteiger partial charge in [0.05, 0.1) is 36.9 Å². The lowest BCUT2D eigenvalue weighted by molar-refractivity contribution is -0.910. The average molecular weight is 465 g/mol. The van der Waals surface area contributed by atoms with Crippen molar-refractivity contribution in [2.75, 3.05) is 18.2 Å². The summed E-state index contributed by atoms with van der Waals surface area (Å²) in [6.07, 6.45) is 6.23. The van der Waals surface area contributed by atoms with Gasteiger partial charge in [0.2, 0.25) is 5.69 Å². The number of nitrogens with one attached hydrogen (secondary N) is 1. The minimum absolute atomic E-state index is 0.0250. The molecule has 0 radical (unpaired) electrons. The van der Waals surface area contributed by atoms with E-state index in [1.165, 1.54) is 7.11 Å². The van der Waals surface area contributed by atoms with E-state index in [-0.39, 0.29) is 24.1 Å². The molecular weight excluding hydrogens is 434 g/mol. The first-order valence-electron chi connectivity index (χ1n) is 11.5. The molecule has 9 heteroatoms. The van der Waals surface area contributed by atoms with Gasteiger partial charge in [0.1, 0.15) is 5.75 Å². The molecule has 0 atom stereocenters. The van der Waals surface area contributed by atoms with Gasteiger partial charge in [-0.3, -0.25) is 15.0 Å². The number of hydrogen-bond donors (Lipinski definition) is 4. The summed E-state index contributed by atoms with van der Waals surface area (Å²) in [6, 6.07) is 10.5. The molecule has 0 bridgehead atoms. The van der Waals surface area contributed by atoms with E-state index < -0.39 is 11.5 Å². The summed E-state index contributed by atoms with van der Waals surface area (Å²) in [5, 5.41) is 32.6. The summed E-state index contributed by atoms with van der Waals surface area (Å²) < 4.78 is 6.35. The van der Waals surface area contributed by atoms with Gasteiger partial charge in [0.15, 0.2) is 0 Å². The predicted molar refractivity (Wildman–Crippen MR) is 126 cm³/mol. The van der Waals surface area contributed by atoms with Crippen molar-refractivity contribution < 1.29 is 24.6 Å². The zero-order chi connectivity index (χ0) is 24.3. The van der Waals surface area contributed by atoms with Crippen molar-refractivity contribution >= 4 is 23.5 Å². The second-order valence-electron chi connectivity index (χ2n) is 9.13. The predicted octanol–water partition coefficient (Wildman–Crippen LogP) is 2.94. The van der Waals surface area contributed by atoms with E-state index in [1.54, 1.807) is 30.5 Å². The molecule has 1 aromatic heterocycles. The molecule has 2 fully saturated rings. The van der Waals surface area contributed by atoms with E-state index in [9.17, 15) is 15.1 Å². The van der Waals surface area contributed by atoms with Crippen molar-refractivity contribution in [1.29, 1.82) is 5.26 Å². The number of aliphatic imine (C=N–C) groups is 1. The first-order valence-corrected chi connectivity index (χ1v) is 11.5. The van der Waals surface area contributed by atoms with Crippen molar-refractivity contribution in [3.8, 4) is 11.8 Å². The van der Waals surface area contributed by atoms with Crippen LogP contribution in [0.25, 0.3) is 0 Å². The minimum atomic E-state index is -0.919. The lowest BCUT2D eigenvalue weighted by atomic mass is 9.81. The Balaban J connectivity index is 1.51. The Morgan fingerprint density at radius 2 is 2.09 bits per heavy atom. The fraction of sp³-hybridized carbons (Fsp3) is 0.440. The molecule has 2 aromatic rings. The number of pyridine rings is 1. The first kappa shape index (κ1) is 23.5. The SMILES string of the molecule is COc1cc(N)c(C=NC2CCC(O)(CC#N)CC2)cc1NC(=O)c1cccc(C2CC2)[n+]1O. The molecule has 2 saturated carbocycles. The number of nitriles is 1. The average Bonchev–Trinajstić information content (AvgIpc) is 3.65. The van der Waals surface area contributed by atoms with Crippen molar-refractivity contribution in [3.05, 3.63) is 47.3 Å². The molecule has 2 aliphatic rings. The van der Waals surface area contributed by atoms with Gasteiger partial charge in [-0.1, -0.05) is 0 Å². The quantitative estimate of drug-likeness (QED) is 0.215. The molecule has 0 spiro atoms. The van der Waals surface area contributed by atoms with Crippen molar-refractivity contribution in [3.63, 3.8) is 0 Å². The highest BCUT2D eigenvalue weighted by Gasteiger charge is 2.36. The second-order valence-corrected chi connectivity index (χ2v) is 9.13. The summed E-state index contributed by atoms with van der Waals surface area (Å²) in [6.45, 7) is 0. The van der Waals surface area contributed by atoms with Crippen LogP contribution in [-0.2, 0) is 0 Å². The number of ether oxygens (including phenoxy) is 1. The van der Waals surface area contributed by atoms with Crippen LogP contribution < -0.4 is 20.5 Å². The standard InChI is InChI=1S/C25H29N5O4/c1-34-23-14-19(27)17(15-28-18-7-9-25(32,10-8-18)11-12-26)13-20(23)29-24(31)22-4-2-3-21(30(22)33)16-5-6-16/h2-4,13-16,18,27,31-33H,5-11H2,1H3/p+1. The Hall–Kier alpha value is -3.64. The number of rotatable bonds is 7. The Morgan fingerprint density at radius 3 is 2.74 bits per heavy atom. The summed E-state index contributed by atoms with van der Waals surface area (Å²) in [5.74, 6) is 0.201. The maximum absolute atomic E-state index is 13.0. The van der Waals surface area contributed by atoms with Crippen LogP contribution in [0.3, 0.4) is 0 Å². The van der Waals surface area contributed by atoms with Crippen LogP contribution in [0.4, 0.5) is 11.4 Å². The molecule has 1 aromatic carbocycles. The van der Waals surface area contributed by atoms with Gasteiger partial charge in [-0.15, -0.1) is 0 Å². The third-order valence-corrected chi connectivity index (χ3v) is 6.59. The summed E-state index contributed by atoms with van der Waals surface area (Å²) >= 11 is 0. The molecule has 4 rings (SSSR count). The van der Waals surface area contributed by atoms with Gasteiger partial charge in [-0.05, 0) is 50.7 Å². The van der Waals surface area contributed by atoms with E-state index in [1.807, 2.05) is 12.1 Å². The van der Waals surface area contributed by atoms with E-state index >= 15 is 0 Å². The molecule has 178 valence electrons. The van der Waals surface area contributed by atoms with Gasteiger partial charge in [0.25, 0.3) is 0 Å². The number of methoxy groups -OCH3 is 1. The highest BCUT2D eigenvalue weighted by Crippen LogP contribution is 2.38. The van der Waals surface area contributed by atoms with E-state index in [4.69, 9.17) is 15.7 Å². The Morgan fingerprint density at radius 1 is 1.35 bits per heavy atom. The molecule has 1 amide bonds. The second kappa shape index (κ2) is 9.69. The lowest BCUT2D eigenvalue weighted by Gasteiger charge is -2.32. The normalized spacial score (nSPS) is 22.3. The molecular formula is C25H30N5O4+. The molecule has 0 aliphatic heterocycles. The topological polar surface area (TPSA) is 145 Å². The van der Waals surface area contributed by atoms with Crippen molar-refractivity contribution in [1.82, 2.24) is 0 Å². The van der Waals surface area contributed by atoms with Gasteiger partial charge in [-0.2, -0.15) is 5.26 Å². The number of amides is 1. The van der Waals surface area contributed by atoms with Crippen LogP contribution in [0.5, 0.6) is 5.75 Å². The van der Waals surface area contributed by atoms with Crippen LogP contribution in [0.2, 0.25) is 0 Å². The Bertz CT molecular complexity index is 1140. The number of benzene rings is 1. The van der Waals surface area contributed by atoms with Crippen LogP contribution >= 0.6 is 0 Å². The maximum atomic E-state index is 13.0. The molecule has 2 aliphatic carbocycles. The number of hydrogen-bond acceptors (Lipinski definition) is 7. The number of aliphatic hydroxyl groups is 1. The monoisotopic (exact) mass is 464 g/mol. The van der Waals surface area contributed by atoms with Crippen LogP contribution in [-0.4, -0.2) is 41.2 Å². The summed E-state index contributed by atoms with van der Waals surface area (Å²) in [7, 11) is 1.49. The highest BCUT2D eigenvalue weighted by molar-refractivity contribution is 6.04. The van der Waals surface area contributed by atoms with Crippen molar-refractivity contribution in [2.45, 2.75) is 62.5 Å². The molecule has 0 unspecified atom stereocenters. The maximum Gasteiger partial charge on any atom is 0.325 e. The van der Waals surface area contributed by atoms with Gasteiger partial charge < -0.3 is 20.9 Å². The third-order valence-electron chi connectivity index (χ3n) is 6.59. The highest BCUT2D eigenvalue weighted by atomic mass is 16.5. The number of nitrogens with zero attached hydrogens (tertiary/aromatic N) is 3. The smallest absolute Gasteiger partial charge is 0.325 e. The van der Waals surface area contributed by atoms with Crippen LogP contribution in [0.15, 0.2) is 35.3 Å². The minimum Gasteiger partial charge on any atom is -0.494 e. The van der Waals surface area contributed by atoms with Crippen LogP contribution in [0.1, 0.15) is 72.6 Å². The number of nitrogen functional groups attached to an aromatic ring is 1. The molecule has 34 heavy (non-hydrogen) atoms. The number of nitrogens with two attached hydrogens (primary N) is 1. The summed E-state index contributed by atoms with van der Waals surface area (Å²) in [4.78, 5) is 17.6. The lowest BCUT2D eigenvalue weighted by Crippen LogP contribution is -2.43. The van der Waals surface area contributed by atoms with Gasteiger partial charge >= 0.3 is 11.6 Å². The van der Waals surface area contributed by atoms with Gasteiger partial charge in [-0.25, -0.2) is 0 Å². The fourth-order valence-corrected chi connectivity index (χ4v) is 4.35.